The van der Waals surface area contributed by atoms with Gasteiger partial charge in [0, 0.05) is 12.6 Å². The normalized spacial score (nSPS) is 12.9. The summed E-state index contributed by atoms with van der Waals surface area (Å²) < 4.78 is 0. The molecule has 3 aromatic carbocycles. The van der Waals surface area contributed by atoms with Crippen LogP contribution in [-0.4, -0.2) is 29.7 Å². The van der Waals surface area contributed by atoms with Crippen LogP contribution in [0.3, 0.4) is 0 Å². The minimum Gasteiger partial charge on any atom is -0.321 e. The number of nitrogens with one attached hydrogen (secondary N) is 1. The second kappa shape index (κ2) is 6.53. The van der Waals surface area contributed by atoms with E-state index in [1.165, 1.54) is 7.05 Å². The highest BCUT2D eigenvalue weighted by Crippen LogP contribution is 2.29. The summed E-state index contributed by atoms with van der Waals surface area (Å²) in [6.45, 7) is 0. The van der Waals surface area contributed by atoms with Gasteiger partial charge < -0.3 is 5.32 Å². The lowest BCUT2D eigenvalue weighted by Crippen LogP contribution is -2.24. The molecule has 5 nitrogen and oxygen atoms in total. The molecule has 5 heteroatoms. The fourth-order valence-corrected chi connectivity index (χ4v) is 3.14. The first-order chi connectivity index (χ1) is 13.1. The highest BCUT2D eigenvalue weighted by Gasteiger charge is 2.35. The Labute approximate surface area is 156 Å². The van der Waals surface area contributed by atoms with Crippen LogP contribution in [0.1, 0.15) is 31.1 Å². The number of amides is 3. The standard InChI is InChI=1S/C22H16N2O3/c1-24-21(26)17-8-5-9-18(19(17)22(24)27)23-20(25)16-12-10-15(11-13-16)14-6-3-2-4-7-14/h2-13H,1H3,(H,23,25). The molecule has 132 valence electrons. The first-order valence-electron chi connectivity index (χ1n) is 8.48. The molecule has 4 rings (SSSR count). The molecule has 3 amide bonds. The van der Waals surface area contributed by atoms with E-state index in [1.807, 2.05) is 42.5 Å². The van der Waals surface area contributed by atoms with Crippen LogP contribution in [0.5, 0.6) is 0 Å². The summed E-state index contributed by atoms with van der Waals surface area (Å²) >= 11 is 0. The minimum atomic E-state index is -0.412. The number of nitrogens with zero attached hydrogens (tertiary/aromatic N) is 1. The van der Waals surface area contributed by atoms with Crippen molar-refractivity contribution < 1.29 is 14.4 Å². The predicted molar refractivity (Wildman–Crippen MR) is 103 cm³/mol. The van der Waals surface area contributed by atoms with Crippen molar-refractivity contribution in [1.82, 2.24) is 4.90 Å². The van der Waals surface area contributed by atoms with E-state index in [-0.39, 0.29) is 17.4 Å². The van der Waals surface area contributed by atoms with Crippen molar-refractivity contribution in [2.24, 2.45) is 0 Å². The molecule has 0 atom stereocenters. The van der Waals surface area contributed by atoms with E-state index in [9.17, 15) is 14.4 Å². The lowest BCUT2D eigenvalue weighted by atomic mass is 10.0. The van der Waals surface area contributed by atoms with Gasteiger partial charge in [-0.15, -0.1) is 0 Å². The number of fused-ring (bicyclic) bond motifs is 1. The van der Waals surface area contributed by atoms with E-state index in [0.717, 1.165) is 16.0 Å². The first kappa shape index (κ1) is 16.7. The monoisotopic (exact) mass is 356 g/mol. The molecule has 0 aliphatic carbocycles. The van der Waals surface area contributed by atoms with Gasteiger partial charge in [-0.1, -0.05) is 48.5 Å². The maximum absolute atomic E-state index is 12.6. The third-order valence-corrected chi connectivity index (χ3v) is 4.62. The number of rotatable bonds is 3. The van der Waals surface area contributed by atoms with Crippen molar-refractivity contribution >= 4 is 23.4 Å². The van der Waals surface area contributed by atoms with Gasteiger partial charge >= 0.3 is 0 Å². The topological polar surface area (TPSA) is 66.5 Å². The average Bonchev–Trinajstić information content (AvgIpc) is 2.94. The van der Waals surface area contributed by atoms with Gasteiger partial charge in [-0.3, -0.25) is 19.3 Å². The highest BCUT2D eigenvalue weighted by molar-refractivity contribution is 6.24. The zero-order valence-electron chi connectivity index (χ0n) is 14.6. The molecule has 1 heterocycles. The number of carbonyl (C=O) groups is 3. The quantitative estimate of drug-likeness (QED) is 0.725. The van der Waals surface area contributed by atoms with E-state index in [4.69, 9.17) is 0 Å². The van der Waals surface area contributed by atoms with Gasteiger partial charge in [-0.05, 0) is 35.4 Å². The summed E-state index contributed by atoms with van der Waals surface area (Å²) in [4.78, 5) is 38.0. The van der Waals surface area contributed by atoms with Gasteiger partial charge in [0.1, 0.15) is 0 Å². The number of carbonyl (C=O) groups excluding carboxylic acids is 3. The predicted octanol–water partition coefficient (Wildman–Crippen LogP) is 3.83. The zero-order valence-corrected chi connectivity index (χ0v) is 14.6. The van der Waals surface area contributed by atoms with Gasteiger partial charge in [0.25, 0.3) is 17.7 Å². The molecule has 0 saturated carbocycles. The van der Waals surface area contributed by atoms with Gasteiger partial charge in [0.2, 0.25) is 0 Å². The summed E-state index contributed by atoms with van der Waals surface area (Å²) in [6, 6.07) is 22.0. The Bertz CT molecular complexity index is 1060. The van der Waals surface area contributed by atoms with Gasteiger partial charge in [0.15, 0.2) is 0 Å². The highest BCUT2D eigenvalue weighted by atomic mass is 16.2. The largest absolute Gasteiger partial charge is 0.321 e. The molecule has 0 spiro atoms. The van der Waals surface area contributed by atoms with E-state index >= 15 is 0 Å². The lowest BCUT2D eigenvalue weighted by molar-refractivity contribution is 0.0693. The Morgan fingerprint density at radius 3 is 2.15 bits per heavy atom. The molecule has 1 N–H and O–H groups in total. The van der Waals surface area contributed by atoms with Crippen LogP contribution in [-0.2, 0) is 0 Å². The van der Waals surface area contributed by atoms with Gasteiger partial charge in [0.05, 0.1) is 16.8 Å². The van der Waals surface area contributed by atoms with Crippen LogP contribution in [0.4, 0.5) is 5.69 Å². The second-order valence-corrected chi connectivity index (χ2v) is 6.29. The molecule has 3 aromatic rings. The molecule has 0 fully saturated rings. The van der Waals surface area contributed by atoms with Crippen molar-refractivity contribution in [2.45, 2.75) is 0 Å². The zero-order chi connectivity index (χ0) is 19.0. The van der Waals surface area contributed by atoms with Crippen LogP contribution in [0, 0.1) is 0 Å². The van der Waals surface area contributed by atoms with E-state index in [1.54, 1.807) is 30.3 Å². The van der Waals surface area contributed by atoms with E-state index in [2.05, 4.69) is 5.32 Å². The SMILES string of the molecule is CN1C(=O)c2cccc(NC(=O)c3ccc(-c4ccccc4)cc3)c2C1=O. The Hall–Kier alpha value is -3.73. The van der Waals surface area contributed by atoms with Crippen molar-refractivity contribution in [2.75, 3.05) is 12.4 Å². The molecule has 1 aliphatic rings. The average molecular weight is 356 g/mol. The third-order valence-electron chi connectivity index (χ3n) is 4.62. The Balaban J connectivity index is 1.59. The summed E-state index contributed by atoms with van der Waals surface area (Å²) in [6.07, 6.45) is 0. The summed E-state index contributed by atoms with van der Waals surface area (Å²) in [5.74, 6) is -1.11. The molecule has 0 radical (unpaired) electrons. The summed E-state index contributed by atoms with van der Waals surface area (Å²) in [5, 5.41) is 2.75. The van der Waals surface area contributed by atoms with Crippen LogP contribution in [0.15, 0.2) is 72.8 Å². The number of hydrogen-bond acceptors (Lipinski definition) is 3. The summed E-state index contributed by atoms with van der Waals surface area (Å²) in [7, 11) is 1.43. The minimum absolute atomic E-state index is 0.235. The lowest BCUT2D eigenvalue weighted by Gasteiger charge is -2.09. The maximum atomic E-state index is 12.6. The van der Waals surface area contributed by atoms with Crippen LogP contribution >= 0.6 is 0 Å². The smallest absolute Gasteiger partial charge is 0.263 e. The summed E-state index contributed by atoms with van der Waals surface area (Å²) in [5.41, 5.74) is 3.43. The molecule has 0 unspecified atom stereocenters. The number of anilines is 1. The molecule has 1 aliphatic heterocycles. The fourth-order valence-electron chi connectivity index (χ4n) is 3.14. The van der Waals surface area contributed by atoms with Gasteiger partial charge in [-0.25, -0.2) is 0 Å². The molecule has 27 heavy (non-hydrogen) atoms. The van der Waals surface area contributed by atoms with E-state index < -0.39 is 5.91 Å². The Morgan fingerprint density at radius 1 is 0.778 bits per heavy atom. The second-order valence-electron chi connectivity index (χ2n) is 6.29. The van der Waals surface area contributed by atoms with E-state index in [0.29, 0.717) is 16.8 Å². The Morgan fingerprint density at radius 2 is 1.44 bits per heavy atom. The number of benzene rings is 3. The fraction of sp³-hybridized carbons (Fsp3) is 0.0455. The first-order valence-corrected chi connectivity index (χ1v) is 8.48. The van der Waals surface area contributed by atoms with Crippen molar-refractivity contribution in [3.63, 3.8) is 0 Å². The molecular weight excluding hydrogens is 340 g/mol. The Kier molecular flexibility index (Phi) is 4.05. The molecular formula is C22H16N2O3. The van der Waals surface area contributed by atoms with Gasteiger partial charge in [-0.2, -0.15) is 0 Å². The van der Waals surface area contributed by atoms with Crippen LogP contribution in [0.2, 0.25) is 0 Å². The molecule has 0 saturated heterocycles. The molecule has 0 aromatic heterocycles. The van der Waals surface area contributed by atoms with Crippen molar-refractivity contribution in [3.8, 4) is 11.1 Å². The molecule has 0 bridgehead atoms. The maximum Gasteiger partial charge on any atom is 0.263 e. The van der Waals surface area contributed by atoms with Crippen molar-refractivity contribution in [3.05, 3.63) is 89.5 Å². The third kappa shape index (κ3) is 2.89. The van der Waals surface area contributed by atoms with Crippen LogP contribution < -0.4 is 5.32 Å². The number of imide groups is 1. The number of hydrogen-bond donors (Lipinski definition) is 1. The van der Waals surface area contributed by atoms with Crippen molar-refractivity contribution in [1.29, 1.82) is 0 Å². The van der Waals surface area contributed by atoms with Crippen LogP contribution in [0.25, 0.3) is 11.1 Å².